The molecular weight excluding hydrogens is 363 g/mol. The van der Waals surface area contributed by atoms with Gasteiger partial charge in [-0.15, -0.1) is 0 Å². The van der Waals surface area contributed by atoms with E-state index in [1.165, 1.54) is 22.5 Å². The van der Waals surface area contributed by atoms with Crippen molar-refractivity contribution in [2.45, 2.75) is 23.8 Å². The zero-order chi connectivity index (χ0) is 17.2. The second-order valence-electron chi connectivity index (χ2n) is 5.52. The number of nitrogens with zero attached hydrogens (tertiary/aromatic N) is 2. The summed E-state index contributed by atoms with van der Waals surface area (Å²) in [6, 6.07) is 4.31. The molecule has 0 unspecified atom stereocenters. The van der Waals surface area contributed by atoms with Gasteiger partial charge in [0.25, 0.3) is 0 Å². The number of hydrogen-bond donors (Lipinski definition) is 1. The predicted octanol–water partition coefficient (Wildman–Crippen LogP) is 2.16. The van der Waals surface area contributed by atoms with Crippen LogP contribution in [0.4, 0.5) is 0 Å². The number of carboxylic acids is 1. The van der Waals surface area contributed by atoms with Crippen molar-refractivity contribution in [3.05, 3.63) is 28.2 Å². The van der Waals surface area contributed by atoms with Crippen LogP contribution >= 0.6 is 23.2 Å². The summed E-state index contributed by atoms with van der Waals surface area (Å²) >= 11 is 11.7. The van der Waals surface area contributed by atoms with Crippen LogP contribution in [0.2, 0.25) is 10.0 Å². The smallest absolute Gasteiger partial charge is 0.317 e. The first-order valence-corrected chi connectivity index (χ1v) is 9.28. The third-order valence-electron chi connectivity index (χ3n) is 3.96. The van der Waals surface area contributed by atoms with Gasteiger partial charge in [0.15, 0.2) is 0 Å². The molecule has 1 aromatic rings. The maximum atomic E-state index is 12.6. The minimum atomic E-state index is -3.62. The Kier molecular flexibility index (Phi) is 5.91. The number of aliphatic carboxylic acids is 1. The minimum absolute atomic E-state index is 0.0514. The zero-order valence-corrected chi connectivity index (χ0v) is 14.9. The van der Waals surface area contributed by atoms with E-state index in [0.717, 1.165) is 0 Å². The molecule has 2 rings (SSSR count). The van der Waals surface area contributed by atoms with Gasteiger partial charge >= 0.3 is 5.97 Å². The van der Waals surface area contributed by atoms with E-state index in [2.05, 4.69) is 0 Å². The van der Waals surface area contributed by atoms with Crippen LogP contribution < -0.4 is 0 Å². The fraction of sp³-hybridized carbons (Fsp3) is 0.500. The number of piperidine rings is 1. The molecule has 1 heterocycles. The average molecular weight is 381 g/mol. The Bertz CT molecular complexity index is 688. The first-order chi connectivity index (χ1) is 10.7. The molecule has 0 saturated carbocycles. The van der Waals surface area contributed by atoms with Crippen LogP contribution in [0.1, 0.15) is 12.8 Å². The predicted molar refractivity (Wildman–Crippen MR) is 88.5 cm³/mol. The van der Waals surface area contributed by atoms with Gasteiger partial charge in [0.2, 0.25) is 10.0 Å². The van der Waals surface area contributed by atoms with Crippen molar-refractivity contribution in [2.75, 3.05) is 26.7 Å². The summed E-state index contributed by atoms with van der Waals surface area (Å²) < 4.78 is 26.6. The van der Waals surface area contributed by atoms with Crippen LogP contribution in [-0.4, -0.2) is 61.4 Å². The molecule has 1 N–H and O–H groups in total. The van der Waals surface area contributed by atoms with E-state index < -0.39 is 16.0 Å². The highest BCUT2D eigenvalue weighted by Gasteiger charge is 2.31. The number of benzene rings is 1. The van der Waals surface area contributed by atoms with Crippen LogP contribution in [-0.2, 0) is 14.8 Å². The summed E-state index contributed by atoms with van der Waals surface area (Å²) in [7, 11) is -1.88. The summed E-state index contributed by atoms with van der Waals surface area (Å²) in [5.74, 6) is -0.890. The summed E-state index contributed by atoms with van der Waals surface area (Å²) in [4.78, 5) is 12.6. The topological polar surface area (TPSA) is 77.9 Å². The van der Waals surface area contributed by atoms with Gasteiger partial charge in [-0.2, -0.15) is 4.31 Å². The van der Waals surface area contributed by atoms with E-state index >= 15 is 0 Å². The van der Waals surface area contributed by atoms with Crippen molar-refractivity contribution in [3.8, 4) is 0 Å². The van der Waals surface area contributed by atoms with Crippen LogP contribution in [0.3, 0.4) is 0 Å². The Morgan fingerprint density at radius 3 is 2.43 bits per heavy atom. The van der Waals surface area contributed by atoms with E-state index in [1.54, 1.807) is 11.9 Å². The van der Waals surface area contributed by atoms with Gasteiger partial charge in [0.05, 0.1) is 21.5 Å². The molecule has 0 atom stereocenters. The van der Waals surface area contributed by atoms with Crippen molar-refractivity contribution >= 4 is 39.2 Å². The summed E-state index contributed by atoms with van der Waals surface area (Å²) in [6.07, 6.45) is 1.18. The Morgan fingerprint density at radius 2 is 1.91 bits per heavy atom. The number of hydrogen-bond acceptors (Lipinski definition) is 4. The van der Waals surface area contributed by atoms with E-state index in [0.29, 0.717) is 31.0 Å². The number of halogens is 2. The summed E-state index contributed by atoms with van der Waals surface area (Å²) in [6.45, 7) is 0.638. The number of carboxylic acid groups (broad SMARTS) is 1. The molecule has 0 bridgehead atoms. The number of likely N-dealkylation sites (N-methyl/N-ethyl adjacent to an activating group) is 1. The van der Waals surface area contributed by atoms with Gasteiger partial charge < -0.3 is 5.11 Å². The highest BCUT2D eigenvalue weighted by atomic mass is 35.5. The van der Waals surface area contributed by atoms with Crippen molar-refractivity contribution < 1.29 is 18.3 Å². The number of rotatable bonds is 5. The maximum absolute atomic E-state index is 12.6. The molecular formula is C14H18Cl2N2O4S. The van der Waals surface area contributed by atoms with Gasteiger partial charge in [0.1, 0.15) is 0 Å². The fourth-order valence-corrected chi connectivity index (χ4v) is 4.51. The molecule has 1 aromatic carbocycles. The Labute approximate surface area is 145 Å². The second kappa shape index (κ2) is 7.36. The van der Waals surface area contributed by atoms with Crippen LogP contribution in [0.5, 0.6) is 0 Å². The molecule has 1 fully saturated rings. The molecule has 23 heavy (non-hydrogen) atoms. The van der Waals surface area contributed by atoms with Crippen molar-refractivity contribution in [2.24, 2.45) is 0 Å². The van der Waals surface area contributed by atoms with Gasteiger partial charge in [-0.25, -0.2) is 8.42 Å². The summed E-state index contributed by atoms with van der Waals surface area (Å²) in [5.41, 5.74) is 0. The lowest BCUT2D eigenvalue weighted by Crippen LogP contribution is -2.46. The summed E-state index contributed by atoms with van der Waals surface area (Å²) in [5, 5.41) is 9.32. The molecule has 128 valence electrons. The lowest BCUT2D eigenvalue weighted by atomic mass is 10.1. The van der Waals surface area contributed by atoms with Crippen LogP contribution in [0.15, 0.2) is 23.1 Å². The molecule has 0 aromatic heterocycles. The van der Waals surface area contributed by atoms with E-state index in [1.807, 2.05) is 0 Å². The van der Waals surface area contributed by atoms with E-state index in [4.69, 9.17) is 28.3 Å². The maximum Gasteiger partial charge on any atom is 0.317 e. The van der Waals surface area contributed by atoms with Gasteiger partial charge in [0, 0.05) is 19.1 Å². The van der Waals surface area contributed by atoms with Crippen molar-refractivity contribution in [3.63, 3.8) is 0 Å². The number of sulfonamides is 1. The lowest BCUT2D eigenvalue weighted by molar-refractivity contribution is -0.138. The third-order valence-corrected chi connectivity index (χ3v) is 6.59. The molecule has 9 heteroatoms. The molecule has 1 aliphatic rings. The first kappa shape index (κ1) is 18.5. The highest BCUT2D eigenvalue weighted by Crippen LogP contribution is 2.28. The van der Waals surface area contributed by atoms with Gasteiger partial charge in [-0.3, -0.25) is 9.69 Å². The Hall–Kier alpha value is -0.860. The van der Waals surface area contributed by atoms with E-state index in [-0.39, 0.29) is 22.5 Å². The number of carbonyl (C=O) groups is 1. The van der Waals surface area contributed by atoms with Crippen LogP contribution in [0.25, 0.3) is 0 Å². The van der Waals surface area contributed by atoms with E-state index in [9.17, 15) is 13.2 Å². The van der Waals surface area contributed by atoms with Gasteiger partial charge in [-0.05, 0) is 38.1 Å². The molecule has 0 spiro atoms. The van der Waals surface area contributed by atoms with Crippen molar-refractivity contribution in [1.82, 2.24) is 9.21 Å². The molecule has 1 aliphatic heterocycles. The normalized spacial score (nSPS) is 17.6. The quantitative estimate of drug-likeness (QED) is 0.846. The molecule has 6 nitrogen and oxygen atoms in total. The SMILES string of the molecule is CN(CC(=O)O)C1CCN(S(=O)(=O)c2ccc(Cl)c(Cl)c2)CC1. The van der Waals surface area contributed by atoms with Gasteiger partial charge in [-0.1, -0.05) is 23.2 Å². The van der Waals surface area contributed by atoms with Crippen LogP contribution in [0, 0.1) is 0 Å². The zero-order valence-electron chi connectivity index (χ0n) is 12.6. The molecule has 1 saturated heterocycles. The second-order valence-corrected chi connectivity index (χ2v) is 8.27. The fourth-order valence-electron chi connectivity index (χ4n) is 2.65. The monoisotopic (exact) mass is 380 g/mol. The largest absolute Gasteiger partial charge is 0.480 e. The third kappa shape index (κ3) is 4.36. The standard InChI is InChI=1S/C14H18Cl2N2O4S/c1-17(9-14(19)20)10-4-6-18(7-5-10)23(21,22)11-2-3-12(15)13(16)8-11/h2-3,8,10H,4-7,9H2,1H3,(H,19,20). The molecule has 0 amide bonds. The highest BCUT2D eigenvalue weighted by molar-refractivity contribution is 7.89. The first-order valence-electron chi connectivity index (χ1n) is 7.09. The minimum Gasteiger partial charge on any atom is -0.480 e. The average Bonchev–Trinajstić information content (AvgIpc) is 2.49. The Balaban J connectivity index is 2.06. The Morgan fingerprint density at radius 1 is 1.30 bits per heavy atom. The lowest BCUT2D eigenvalue weighted by Gasteiger charge is -2.35. The molecule has 0 radical (unpaired) electrons. The van der Waals surface area contributed by atoms with Crippen molar-refractivity contribution in [1.29, 1.82) is 0 Å². The molecule has 0 aliphatic carbocycles.